The number of nitrogens with zero attached hydrogens (tertiary/aromatic N) is 4. The van der Waals surface area contributed by atoms with Crippen molar-refractivity contribution in [3.63, 3.8) is 0 Å². The molecule has 0 aliphatic carbocycles. The Labute approximate surface area is 207 Å². The third-order valence-corrected chi connectivity index (χ3v) is 6.99. The molecule has 10 heteroatoms. The van der Waals surface area contributed by atoms with Gasteiger partial charge in [-0.1, -0.05) is 18.2 Å². The maximum atomic E-state index is 14.7. The van der Waals surface area contributed by atoms with Crippen molar-refractivity contribution in [1.82, 2.24) is 15.1 Å². The number of hydrogen-bond acceptors (Lipinski definition) is 6. The van der Waals surface area contributed by atoms with Gasteiger partial charge in [0.15, 0.2) is 0 Å². The zero-order chi connectivity index (χ0) is 25.2. The molecule has 5 rings (SSSR count). The Bertz CT molecular complexity index is 1240. The van der Waals surface area contributed by atoms with E-state index in [-0.39, 0.29) is 17.4 Å². The normalized spacial score (nSPS) is 19.2. The smallest absolute Gasteiger partial charge is 0.266 e. The molecule has 3 aromatic rings. The third-order valence-electron chi connectivity index (χ3n) is 6.99. The number of hydrogen-bond donors (Lipinski definition) is 1. The van der Waals surface area contributed by atoms with Crippen molar-refractivity contribution in [3.05, 3.63) is 59.5 Å². The first-order chi connectivity index (χ1) is 17.4. The van der Waals surface area contributed by atoms with E-state index in [1.165, 1.54) is 12.1 Å². The molecule has 2 saturated heterocycles. The fourth-order valence-electron chi connectivity index (χ4n) is 4.91. The van der Waals surface area contributed by atoms with E-state index in [1.54, 1.807) is 13.1 Å². The van der Waals surface area contributed by atoms with Gasteiger partial charge in [-0.05, 0) is 31.5 Å². The Morgan fingerprint density at radius 1 is 1.14 bits per heavy atom. The van der Waals surface area contributed by atoms with Crippen molar-refractivity contribution in [2.75, 3.05) is 49.6 Å². The van der Waals surface area contributed by atoms with E-state index in [1.807, 2.05) is 23.1 Å². The molecule has 36 heavy (non-hydrogen) atoms. The van der Waals surface area contributed by atoms with Gasteiger partial charge in [-0.15, -0.1) is 0 Å². The number of piperazine rings is 1. The van der Waals surface area contributed by atoms with Crippen molar-refractivity contribution >= 4 is 28.2 Å². The van der Waals surface area contributed by atoms with Crippen LogP contribution in [0.4, 0.5) is 24.5 Å². The maximum absolute atomic E-state index is 14.7. The summed E-state index contributed by atoms with van der Waals surface area (Å²) in [5.41, 5.74) is 1.81. The van der Waals surface area contributed by atoms with Gasteiger partial charge in [0, 0.05) is 49.4 Å². The van der Waals surface area contributed by atoms with Crippen LogP contribution in [-0.2, 0) is 9.53 Å². The molecular weight excluding hydrogens is 471 g/mol. The second-order valence-corrected chi connectivity index (χ2v) is 9.25. The van der Waals surface area contributed by atoms with E-state index in [0.29, 0.717) is 50.6 Å². The molecule has 2 aliphatic rings. The average molecular weight is 500 g/mol. The number of amides is 1. The van der Waals surface area contributed by atoms with Gasteiger partial charge in [-0.2, -0.15) is 10.2 Å². The van der Waals surface area contributed by atoms with Gasteiger partial charge in [0.1, 0.15) is 5.82 Å². The third kappa shape index (κ3) is 4.82. The standard InChI is InChI=1S/C26H28F3N5O2/c1-16(19-3-2-4-20(24(19)27)25(28)29)31-23-14-30-32-22-6-5-18(13-21(22)23)33-8-10-34(11-9-33)26(35)17-7-12-36-15-17/h2-6,13-14,16-17,25H,7-12,15H2,1H3,(H,31,32)/t16-,17-/m1/s1. The summed E-state index contributed by atoms with van der Waals surface area (Å²) in [7, 11) is 0. The zero-order valence-electron chi connectivity index (χ0n) is 20.0. The Morgan fingerprint density at radius 3 is 2.64 bits per heavy atom. The van der Waals surface area contributed by atoms with Gasteiger partial charge < -0.3 is 19.9 Å². The summed E-state index contributed by atoms with van der Waals surface area (Å²) in [4.78, 5) is 16.8. The lowest BCUT2D eigenvalue weighted by atomic mass is 10.0. The summed E-state index contributed by atoms with van der Waals surface area (Å²) in [5.74, 6) is -0.765. The topological polar surface area (TPSA) is 70.6 Å². The van der Waals surface area contributed by atoms with Crippen molar-refractivity contribution < 1.29 is 22.7 Å². The fourth-order valence-corrected chi connectivity index (χ4v) is 4.91. The van der Waals surface area contributed by atoms with Gasteiger partial charge in [0.05, 0.1) is 41.5 Å². The van der Waals surface area contributed by atoms with Gasteiger partial charge in [0.25, 0.3) is 6.43 Å². The Hall–Kier alpha value is -3.40. The lowest BCUT2D eigenvalue weighted by Crippen LogP contribution is -2.50. The van der Waals surface area contributed by atoms with Crippen LogP contribution in [0, 0.1) is 11.7 Å². The molecule has 7 nitrogen and oxygen atoms in total. The lowest BCUT2D eigenvalue weighted by Gasteiger charge is -2.37. The van der Waals surface area contributed by atoms with Crippen LogP contribution in [0.1, 0.15) is 36.9 Å². The van der Waals surface area contributed by atoms with Gasteiger partial charge in [0.2, 0.25) is 5.91 Å². The van der Waals surface area contributed by atoms with E-state index in [2.05, 4.69) is 20.4 Å². The number of ether oxygens (including phenoxy) is 1. The number of rotatable bonds is 6. The Morgan fingerprint density at radius 2 is 1.92 bits per heavy atom. The number of carbonyl (C=O) groups is 1. The predicted octanol–water partition coefficient (Wildman–Crippen LogP) is 4.56. The lowest BCUT2D eigenvalue weighted by molar-refractivity contribution is -0.135. The van der Waals surface area contributed by atoms with Crippen LogP contribution >= 0.6 is 0 Å². The number of halogens is 3. The maximum Gasteiger partial charge on any atom is 0.266 e. The minimum Gasteiger partial charge on any atom is -0.381 e. The molecule has 0 saturated carbocycles. The molecule has 0 spiro atoms. The summed E-state index contributed by atoms with van der Waals surface area (Å²) in [5, 5.41) is 12.3. The van der Waals surface area contributed by atoms with Crippen molar-refractivity contribution in [2.45, 2.75) is 25.8 Å². The second kappa shape index (κ2) is 10.3. The minimum atomic E-state index is -2.88. The van der Waals surface area contributed by atoms with Crippen LogP contribution in [0.25, 0.3) is 10.9 Å². The van der Waals surface area contributed by atoms with E-state index in [0.717, 1.165) is 23.6 Å². The highest BCUT2D eigenvalue weighted by Crippen LogP contribution is 2.32. The number of fused-ring (bicyclic) bond motifs is 1. The monoisotopic (exact) mass is 499 g/mol. The number of nitrogens with one attached hydrogen (secondary N) is 1. The molecule has 2 aromatic carbocycles. The van der Waals surface area contributed by atoms with E-state index in [4.69, 9.17) is 4.74 Å². The molecule has 2 fully saturated rings. The molecule has 190 valence electrons. The van der Waals surface area contributed by atoms with Crippen molar-refractivity contribution in [3.8, 4) is 0 Å². The molecule has 1 aromatic heterocycles. The van der Waals surface area contributed by atoms with Crippen LogP contribution in [0.5, 0.6) is 0 Å². The first-order valence-corrected chi connectivity index (χ1v) is 12.1. The van der Waals surface area contributed by atoms with Crippen LogP contribution in [-0.4, -0.2) is 60.4 Å². The van der Waals surface area contributed by atoms with Gasteiger partial charge >= 0.3 is 0 Å². The number of aromatic nitrogens is 2. The predicted molar refractivity (Wildman–Crippen MR) is 131 cm³/mol. The number of benzene rings is 2. The van der Waals surface area contributed by atoms with Crippen LogP contribution < -0.4 is 10.2 Å². The van der Waals surface area contributed by atoms with E-state index in [9.17, 15) is 18.0 Å². The summed E-state index contributed by atoms with van der Waals surface area (Å²) in [6.45, 7) is 5.57. The fraction of sp³-hybridized carbons (Fsp3) is 0.423. The van der Waals surface area contributed by atoms with Crippen molar-refractivity contribution in [1.29, 1.82) is 0 Å². The summed E-state index contributed by atoms with van der Waals surface area (Å²) >= 11 is 0. The zero-order valence-corrected chi connectivity index (χ0v) is 20.0. The van der Waals surface area contributed by atoms with E-state index >= 15 is 0 Å². The highest BCUT2D eigenvalue weighted by molar-refractivity contribution is 5.93. The Kier molecular flexibility index (Phi) is 6.95. The molecule has 0 bridgehead atoms. The van der Waals surface area contributed by atoms with E-state index < -0.39 is 23.8 Å². The first-order valence-electron chi connectivity index (χ1n) is 12.1. The first kappa shape index (κ1) is 24.3. The summed E-state index contributed by atoms with van der Waals surface area (Å²) < 4.78 is 46.4. The molecule has 2 atom stereocenters. The largest absolute Gasteiger partial charge is 0.381 e. The number of carbonyl (C=O) groups excluding carboxylic acids is 1. The average Bonchev–Trinajstić information content (AvgIpc) is 3.43. The molecule has 0 unspecified atom stereocenters. The van der Waals surface area contributed by atoms with Crippen LogP contribution in [0.3, 0.4) is 0 Å². The molecule has 1 amide bonds. The molecule has 1 N–H and O–H groups in total. The highest BCUT2D eigenvalue weighted by atomic mass is 19.3. The summed E-state index contributed by atoms with van der Waals surface area (Å²) in [6, 6.07) is 9.29. The summed E-state index contributed by atoms with van der Waals surface area (Å²) in [6.07, 6.45) is -0.544. The molecule has 2 aliphatic heterocycles. The molecule has 3 heterocycles. The molecule has 0 radical (unpaired) electrons. The van der Waals surface area contributed by atoms with Crippen LogP contribution in [0.15, 0.2) is 42.6 Å². The SMILES string of the molecule is C[C@@H](Nc1cnnc2ccc(N3CCN(C(=O)[C@@H]4CCOC4)CC3)cc12)c1cccc(C(F)F)c1F. The number of anilines is 2. The second-order valence-electron chi connectivity index (χ2n) is 9.25. The molecular formula is C26H28F3N5O2. The van der Waals surface area contributed by atoms with Crippen LogP contribution in [0.2, 0.25) is 0 Å². The Balaban J connectivity index is 1.33. The van der Waals surface area contributed by atoms with Gasteiger partial charge in [-0.3, -0.25) is 4.79 Å². The highest BCUT2D eigenvalue weighted by Gasteiger charge is 2.30. The van der Waals surface area contributed by atoms with Crippen molar-refractivity contribution in [2.24, 2.45) is 5.92 Å². The number of alkyl halides is 2. The minimum absolute atomic E-state index is 0.0300. The van der Waals surface area contributed by atoms with Gasteiger partial charge in [-0.25, -0.2) is 13.2 Å². The quantitative estimate of drug-likeness (QED) is 0.536.